The van der Waals surface area contributed by atoms with Crippen molar-refractivity contribution in [3.63, 3.8) is 0 Å². The number of ether oxygens (including phenoxy) is 2. The summed E-state index contributed by atoms with van der Waals surface area (Å²) < 4.78 is 10.1. The smallest absolute Gasteiger partial charge is 0.229 e. The van der Waals surface area contributed by atoms with Crippen LogP contribution in [0.2, 0.25) is 0 Å². The van der Waals surface area contributed by atoms with Gasteiger partial charge in [-0.2, -0.15) is 0 Å². The number of Topliss-reactive ketones (excluding diaryl/α,β-unsaturated/α-hetero) is 2. The molecule has 0 saturated carbocycles. The molecule has 0 aliphatic carbocycles. The van der Waals surface area contributed by atoms with Gasteiger partial charge in [0.15, 0.2) is 11.5 Å². The van der Waals surface area contributed by atoms with Crippen molar-refractivity contribution < 1.29 is 19.1 Å². The van der Waals surface area contributed by atoms with E-state index in [0.717, 1.165) is 0 Å². The molecule has 16 heavy (non-hydrogen) atoms. The molecule has 0 radical (unpaired) electrons. The number of alkyl halides is 1. The van der Waals surface area contributed by atoms with E-state index in [4.69, 9.17) is 9.47 Å². The van der Waals surface area contributed by atoms with Crippen molar-refractivity contribution in [1.29, 1.82) is 0 Å². The van der Waals surface area contributed by atoms with E-state index in [-0.39, 0.29) is 5.33 Å². The number of benzene rings is 1. The van der Waals surface area contributed by atoms with Gasteiger partial charge < -0.3 is 9.47 Å². The van der Waals surface area contributed by atoms with Crippen molar-refractivity contribution in [3.8, 4) is 11.5 Å². The van der Waals surface area contributed by atoms with Gasteiger partial charge in [-0.3, -0.25) is 9.59 Å². The van der Waals surface area contributed by atoms with Crippen molar-refractivity contribution in [2.24, 2.45) is 0 Å². The predicted molar refractivity (Wildman–Crippen MR) is 62.7 cm³/mol. The second-order valence-electron chi connectivity index (χ2n) is 2.96. The molecule has 0 aromatic heterocycles. The summed E-state index contributed by atoms with van der Waals surface area (Å²) >= 11 is 2.95. The number of rotatable bonds is 5. The van der Waals surface area contributed by atoms with Crippen LogP contribution in [0.5, 0.6) is 11.5 Å². The average Bonchev–Trinajstić information content (AvgIpc) is 2.35. The second kappa shape index (κ2) is 5.65. The molecule has 0 saturated heterocycles. The van der Waals surface area contributed by atoms with E-state index in [1.807, 2.05) is 0 Å². The molecule has 0 unspecified atom stereocenters. The number of hydrogen-bond acceptors (Lipinski definition) is 4. The predicted octanol–water partition coefficient (Wildman–Crippen LogP) is 1.85. The van der Waals surface area contributed by atoms with Gasteiger partial charge in [0, 0.05) is 5.56 Å². The van der Waals surface area contributed by atoms with Gasteiger partial charge in [0.05, 0.1) is 19.5 Å². The molecule has 0 N–H and O–H groups in total. The van der Waals surface area contributed by atoms with E-state index in [1.165, 1.54) is 26.4 Å². The summed E-state index contributed by atoms with van der Waals surface area (Å²) in [6.45, 7) is 0. The number of carbonyl (C=O) groups excluding carboxylic acids is 2. The molecule has 0 heterocycles. The van der Waals surface area contributed by atoms with E-state index in [0.29, 0.717) is 17.1 Å². The molecular weight excluding hydrogens is 276 g/mol. The highest BCUT2D eigenvalue weighted by Crippen LogP contribution is 2.27. The molecule has 0 fully saturated rings. The standard InChI is InChI=1S/C11H11BrO4/c1-15-9-4-3-7(5-10(9)16-2)11(14)8(13)6-12/h3-5H,6H2,1-2H3. The maximum absolute atomic E-state index is 11.6. The highest BCUT2D eigenvalue weighted by molar-refractivity contribution is 9.09. The second-order valence-corrected chi connectivity index (χ2v) is 3.52. The minimum Gasteiger partial charge on any atom is -0.493 e. The summed E-state index contributed by atoms with van der Waals surface area (Å²) in [4.78, 5) is 22.8. The van der Waals surface area contributed by atoms with Crippen LogP contribution in [-0.2, 0) is 4.79 Å². The Bertz CT molecular complexity index is 414. The van der Waals surface area contributed by atoms with E-state index < -0.39 is 11.6 Å². The molecule has 0 aliphatic heterocycles. The molecule has 1 rings (SSSR count). The normalized spacial score (nSPS) is 9.69. The topological polar surface area (TPSA) is 52.6 Å². The molecule has 1 aromatic rings. The molecule has 86 valence electrons. The highest BCUT2D eigenvalue weighted by Gasteiger charge is 2.16. The number of ketones is 2. The average molecular weight is 287 g/mol. The van der Waals surface area contributed by atoms with Crippen LogP contribution in [0.4, 0.5) is 0 Å². The first kappa shape index (κ1) is 12.7. The maximum atomic E-state index is 11.6. The zero-order valence-electron chi connectivity index (χ0n) is 8.95. The summed E-state index contributed by atoms with van der Waals surface area (Å²) in [5, 5.41) is 0.0141. The zero-order chi connectivity index (χ0) is 12.1. The van der Waals surface area contributed by atoms with Crippen LogP contribution < -0.4 is 9.47 Å². The monoisotopic (exact) mass is 286 g/mol. The fourth-order valence-electron chi connectivity index (χ4n) is 1.20. The van der Waals surface area contributed by atoms with Gasteiger partial charge in [0.2, 0.25) is 11.6 Å². The Morgan fingerprint density at radius 1 is 1.19 bits per heavy atom. The quantitative estimate of drug-likeness (QED) is 0.471. The summed E-state index contributed by atoms with van der Waals surface area (Å²) in [6.07, 6.45) is 0. The molecule has 0 bridgehead atoms. The number of halogens is 1. The Morgan fingerprint density at radius 3 is 2.31 bits per heavy atom. The van der Waals surface area contributed by atoms with Crippen molar-refractivity contribution in [1.82, 2.24) is 0 Å². The molecule has 0 amide bonds. The lowest BCUT2D eigenvalue weighted by molar-refractivity contribution is -0.112. The molecular formula is C11H11BrO4. The van der Waals surface area contributed by atoms with Gasteiger partial charge in [-0.15, -0.1) is 0 Å². The largest absolute Gasteiger partial charge is 0.493 e. The van der Waals surface area contributed by atoms with E-state index >= 15 is 0 Å². The molecule has 0 spiro atoms. The van der Waals surface area contributed by atoms with Gasteiger partial charge in [-0.25, -0.2) is 0 Å². The Hall–Kier alpha value is -1.36. The summed E-state index contributed by atoms with van der Waals surface area (Å²) in [5.41, 5.74) is 0.294. The van der Waals surface area contributed by atoms with Crippen molar-refractivity contribution in [2.75, 3.05) is 19.5 Å². The summed E-state index contributed by atoms with van der Waals surface area (Å²) in [7, 11) is 2.97. The lowest BCUT2D eigenvalue weighted by atomic mass is 10.1. The van der Waals surface area contributed by atoms with E-state index in [9.17, 15) is 9.59 Å². The SMILES string of the molecule is COc1ccc(C(=O)C(=O)CBr)cc1OC. The number of hydrogen-bond donors (Lipinski definition) is 0. The third-order valence-electron chi connectivity index (χ3n) is 2.02. The zero-order valence-corrected chi connectivity index (χ0v) is 10.5. The van der Waals surface area contributed by atoms with Crippen LogP contribution in [0.1, 0.15) is 10.4 Å². The lowest BCUT2D eigenvalue weighted by Crippen LogP contribution is -2.15. The van der Waals surface area contributed by atoms with Gasteiger partial charge in [0.1, 0.15) is 0 Å². The molecule has 0 atom stereocenters. The number of methoxy groups -OCH3 is 2. The van der Waals surface area contributed by atoms with E-state index in [1.54, 1.807) is 6.07 Å². The number of carbonyl (C=O) groups is 2. The molecule has 5 heteroatoms. The molecule has 0 aliphatic rings. The van der Waals surface area contributed by atoms with Crippen LogP contribution in [0.3, 0.4) is 0 Å². The third kappa shape index (κ3) is 2.61. The fourth-order valence-corrected chi connectivity index (χ4v) is 1.45. The van der Waals surface area contributed by atoms with E-state index in [2.05, 4.69) is 15.9 Å². The first-order chi connectivity index (χ1) is 7.63. The minimum atomic E-state index is -0.544. The van der Waals surface area contributed by atoms with Crippen LogP contribution >= 0.6 is 15.9 Å². The Morgan fingerprint density at radius 2 is 1.81 bits per heavy atom. The lowest BCUT2D eigenvalue weighted by Gasteiger charge is -2.08. The summed E-state index contributed by atoms with van der Waals surface area (Å²) in [6, 6.07) is 4.61. The summed E-state index contributed by atoms with van der Waals surface area (Å²) in [5.74, 6) is -0.0916. The minimum absolute atomic E-state index is 0.0141. The van der Waals surface area contributed by atoms with Crippen LogP contribution in [0.25, 0.3) is 0 Å². The van der Waals surface area contributed by atoms with Crippen molar-refractivity contribution in [3.05, 3.63) is 23.8 Å². The van der Waals surface area contributed by atoms with Gasteiger partial charge in [0.25, 0.3) is 0 Å². The fraction of sp³-hybridized carbons (Fsp3) is 0.273. The maximum Gasteiger partial charge on any atom is 0.229 e. The van der Waals surface area contributed by atoms with Gasteiger partial charge in [-0.05, 0) is 18.2 Å². The van der Waals surface area contributed by atoms with Crippen LogP contribution in [0.15, 0.2) is 18.2 Å². The third-order valence-corrected chi connectivity index (χ3v) is 2.53. The van der Waals surface area contributed by atoms with Crippen LogP contribution in [0, 0.1) is 0 Å². The van der Waals surface area contributed by atoms with Crippen molar-refractivity contribution >= 4 is 27.5 Å². The Balaban J connectivity index is 3.08. The van der Waals surface area contributed by atoms with Crippen molar-refractivity contribution in [2.45, 2.75) is 0 Å². The van der Waals surface area contributed by atoms with Gasteiger partial charge in [-0.1, -0.05) is 15.9 Å². The van der Waals surface area contributed by atoms with Crippen LogP contribution in [-0.4, -0.2) is 31.1 Å². The molecule has 4 nitrogen and oxygen atoms in total. The Labute approximate surface area is 102 Å². The first-order valence-corrected chi connectivity index (χ1v) is 5.61. The highest BCUT2D eigenvalue weighted by atomic mass is 79.9. The molecule has 1 aromatic carbocycles. The Kier molecular flexibility index (Phi) is 4.49. The first-order valence-electron chi connectivity index (χ1n) is 4.49. The van der Waals surface area contributed by atoms with Gasteiger partial charge >= 0.3 is 0 Å².